The molecular formula is C10H7FO2. The number of aromatic hydroxyl groups is 2. The van der Waals surface area contributed by atoms with Gasteiger partial charge in [-0.2, -0.15) is 0 Å². The van der Waals surface area contributed by atoms with Gasteiger partial charge in [0, 0.05) is 5.39 Å². The molecule has 3 heteroatoms. The van der Waals surface area contributed by atoms with Crippen LogP contribution < -0.4 is 0 Å². The second-order valence-corrected chi connectivity index (χ2v) is 2.80. The molecule has 0 fully saturated rings. The van der Waals surface area contributed by atoms with Gasteiger partial charge in [0.25, 0.3) is 0 Å². The van der Waals surface area contributed by atoms with Crippen molar-refractivity contribution in [2.45, 2.75) is 0 Å². The Morgan fingerprint density at radius 1 is 1.00 bits per heavy atom. The lowest BCUT2D eigenvalue weighted by Crippen LogP contribution is -1.79. The Hall–Kier alpha value is -1.77. The van der Waals surface area contributed by atoms with Crippen LogP contribution in [0.4, 0.5) is 4.39 Å². The van der Waals surface area contributed by atoms with E-state index in [1.54, 1.807) is 12.1 Å². The molecule has 0 heterocycles. The maximum Gasteiger partial charge on any atom is 0.158 e. The highest BCUT2D eigenvalue weighted by Crippen LogP contribution is 2.31. The first kappa shape index (κ1) is 7.86. The minimum absolute atomic E-state index is 0.238. The number of hydrogen-bond acceptors (Lipinski definition) is 2. The van der Waals surface area contributed by atoms with Gasteiger partial charge < -0.3 is 10.2 Å². The molecule has 0 radical (unpaired) electrons. The normalized spacial score (nSPS) is 10.5. The van der Waals surface area contributed by atoms with Crippen LogP contribution in [0.2, 0.25) is 0 Å². The topological polar surface area (TPSA) is 40.5 Å². The van der Waals surface area contributed by atoms with Crippen LogP contribution in [-0.4, -0.2) is 10.2 Å². The maximum absolute atomic E-state index is 13.1. The summed E-state index contributed by atoms with van der Waals surface area (Å²) >= 11 is 0. The number of rotatable bonds is 0. The van der Waals surface area contributed by atoms with Crippen LogP contribution in [0, 0.1) is 5.82 Å². The van der Waals surface area contributed by atoms with Gasteiger partial charge in [-0.1, -0.05) is 12.1 Å². The zero-order valence-corrected chi connectivity index (χ0v) is 6.66. The largest absolute Gasteiger partial charge is 0.504 e. The molecule has 0 aliphatic rings. The monoisotopic (exact) mass is 178 g/mol. The van der Waals surface area contributed by atoms with Crippen LogP contribution in [0.5, 0.6) is 11.5 Å². The van der Waals surface area contributed by atoms with Crippen molar-refractivity contribution in [3.63, 3.8) is 0 Å². The van der Waals surface area contributed by atoms with Gasteiger partial charge in [0.1, 0.15) is 5.82 Å². The quantitative estimate of drug-likeness (QED) is 0.608. The number of phenolic OH excluding ortho intramolecular Hbond substituents is 2. The molecule has 2 aromatic rings. The van der Waals surface area contributed by atoms with E-state index in [0.717, 1.165) is 0 Å². The van der Waals surface area contributed by atoms with E-state index in [1.165, 1.54) is 18.2 Å². The molecular weight excluding hydrogens is 171 g/mol. The molecule has 0 aliphatic carbocycles. The Kier molecular flexibility index (Phi) is 1.59. The third kappa shape index (κ3) is 1.18. The number of fused-ring (bicyclic) bond motifs is 1. The van der Waals surface area contributed by atoms with E-state index in [-0.39, 0.29) is 11.5 Å². The summed E-state index contributed by atoms with van der Waals surface area (Å²) in [6.45, 7) is 0. The summed E-state index contributed by atoms with van der Waals surface area (Å²) in [5, 5.41) is 19.1. The third-order valence-corrected chi connectivity index (χ3v) is 1.92. The van der Waals surface area contributed by atoms with Gasteiger partial charge in [0.2, 0.25) is 0 Å². The van der Waals surface area contributed by atoms with Crippen molar-refractivity contribution in [1.29, 1.82) is 0 Å². The van der Waals surface area contributed by atoms with E-state index in [4.69, 9.17) is 10.2 Å². The maximum atomic E-state index is 13.1. The fraction of sp³-hybridized carbons (Fsp3) is 0. The third-order valence-electron chi connectivity index (χ3n) is 1.92. The van der Waals surface area contributed by atoms with Crippen molar-refractivity contribution < 1.29 is 14.6 Å². The van der Waals surface area contributed by atoms with Crippen molar-refractivity contribution in [2.75, 3.05) is 0 Å². The molecule has 2 rings (SSSR count). The average Bonchev–Trinajstić information content (AvgIpc) is 2.09. The van der Waals surface area contributed by atoms with Crippen LogP contribution in [0.15, 0.2) is 30.3 Å². The number of benzene rings is 2. The van der Waals surface area contributed by atoms with Crippen LogP contribution in [0.3, 0.4) is 0 Å². The smallest absolute Gasteiger partial charge is 0.158 e. The van der Waals surface area contributed by atoms with Crippen LogP contribution in [0.1, 0.15) is 0 Å². The van der Waals surface area contributed by atoms with Gasteiger partial charge in [-0.05, 0) is 23.6 Å². The molecule has 2 N–H and O–H groups in total. The predicted octanol–water partition coefficient (Wildman–Crippen LogP) is 2.39. The highest BCUT2D eigenvalue weighted by Gasteiger charge is 2.04. The van der Waals surface area contributed by atoms with E-state index >= 15 is 0 Å². The van der Waals surface area contributed by atoms with Gasteiger partial charge in [0.05, 0.1) is 0 Å². The molecule has 2 nitrogen and oxygen atoms in total. The highest BCUT2D eigenvalue weighted by molar-refractivity contribution is 5.86. The average molecular weight is 178 g/mol. The van der Waals surface area contributed by atoms with E-state index in [9.17, 15) is 4.39 Å². The molecule has 0 unspecified atom stereocenters. The Balaban J connectivity index is 2.89. The lowest BCUT2D eigenvalue weighted by Gasteiger charge is -2.01. The number of phenols is 2. The lowest BCUT2D eigenvalue weighted by molar-refractivity contribution is 0.404. The summed E-state index contributed by atoms with van der Waals surface area (Å²) in [6.07, 6.45) is 0. The van der Waals surface area contributed by atoms with Gasteiger partial charge in [0.15, 0.2) is 11.5 Å². The predicted molar refractivity (Wildman–Crippen MR) is 47.2 cm³/mol. The summed E-state index contributed by atoms with van der Waals surface area (Å²) in [6, 6.07) is 7.05. The zero-order valence-electron chi connectivity index (χ0n) is 6.66. The molecule has 0 spiro atoms. The summed E-state index contributed by atoms with van der Waals surface area (Å²) < 4.78 is 13.1. The zero-order chi connectivity index (χ0) is 9.42. The first-order valence-electron chi connectivity index (χ1n) is 3.78. The van der Waals surface area contributed by atoms with Gasteiger partial charge >= 0.3 is 0 Å². The Bertz CT molecular complexity index is 466. The van der Waals surface area contributed by atoms with Crippen molar-refractivity contribution in [1.82, 2.24) is 0 Å². The Morgan fingerprint density at radius 3 is 2.46 bits per heavy atom. The van der Waals surface area contributed by atoms with Gasteiger partial charge in [-0.3, -0.25) is 0 Å². The highest BCUT2D eigenvalue weighted by atomic mass is 19.1. The van der Waals surface area contributed by atoms with E-state index in [1.807, 2.05) is 0 Å². The molecule has 0 saturated carbocycles. The fourth-order valence-electron chi connectivity index (χ4n) is 1.26. The first-order chi connectivity index (χ1) is 6.18. The van der Waals surface area contributed by atoms with Crippen LogP contribution in [-0.2, 0) is 0 Å². The Morgan fingerprint density at radius 2 is 1.69 bits per heavy atom. The van der Waals surface area contributed by atoms with Gasteiger partial charge in [-0.15, -0.1) is 0 Å². The van der Waals surface area contributed by atoms with Crippen molar-refractivity contribution in [3.8, 4) is 11.5 Å². The number of hydrogen-bond donors (Lipinski definition) is 2. The Labute approximate surface area is 73.9 Å². The molecule has 0 amide bonds. The van der Waals surface area contributed by atoms with Crippen LogP contribution >= 0.6 is 0 Å². The summed E-state index contributed by atoms with van der Waals surface area (Å²) in [5.41, 5.74) is 0. The molecule has 0 saturated heterocycles. The molecule has 13 heavy (non-hydrogen) atoms. The number of halogens is 1. The molecule has 0 bridgehead atoms. The fourth-order valence-corrected chi connectivity index (χ4v) is 1.26. The summed E-state index contributed by atoms with van der Waals surface area (Å²) in [4.78, 5) is 0. The second-order valence-electron chi connectivity index (χ2n) is 2.80. The van der Waals surface area contributed by atoms with Gasteiger partial charge in [-0.25, -0.2) is 4.39 Å². The van der Waals surface area contributed by atoms with E-state index < -0.39 is 5.82 Å². The van der Waals surface area contributed by atoms with E-state index in [0.29, 0.717) is 10.8 Å². The minimum atomic E-state index is -0.409. The van der Waals surface area contributed by atoms with Crippen molar-refractivity contribution >= 4 is 10.8 Å². The molecule has 0 aromatic heterocycles. The molecule has 2 aromatic carbocycles. The van der Waals surface area contributed by atoms with Crippen LogP contribution in [0.25, 0.3) is 10.8 Å². The minimum Gasteiger partial charge on any atom is -0.504 e. The molecule has 0 aliphatic heterocycles. The standard InChI is InChI=1S/C10H7FO2/c11-8-3-1-2-6-4-9(12)10(13)5-7(6)8/h1-5,12-13H. The lowest BCUT2D eigenvalue weighted by atomic mass is 10.1. The first-order valence-corrected chi connectivity index (χ1v) is 3.78. The SMILES string of the molecule is Oc1cc2cccc(F)c2cc1O. The summed E-state index contributed by atoms with van der Waals surface area (Å²) in [5.74, 6) is -0.955. The molecule has 0 atom stereocenters. The van der Waals surface area contributed by atoms with E-state index in [2.05, 4.69) is 0 Å². The van der Waals surface area contributed by atoms with Crippen molar-refractivity contribution in [2.24, 2.45) is 0 Å². The summed E-state index contributed by atoms with van der Waals surface area (Å²) in [7, 11) is 0. The molecule has 66 valence electrons. The second kappa shape index (κ2) is 2.62. The van der Waals surface area contributed by atoms with Crippen molar-refractivity contribution in [3.05, 3.63) is 36.1 Å².